The summed E-state index contributed by atoms with van der Waals surface area (Å²) in [7, 11) is 0. The van der Waals surface area contributed by atoms with E-state index in [1.807, 2.05) is 6.07 Å². The lowest BCUT2D eigenvalue weighted by Gasteiger charge is -2.21. The van der Waals surface area contributed by atoms with Crippen molar-refractivity contribution in [2.75, 3.05) is 6.79 Å². The highest BCUT2D eigenvalue weighted by molar-refractivity contribution is 5.44. The fourth-order valence-electron chi connectivity index (χ4n) is 2.94. The maximum absolute atomic E-state index is 5.41. The maximum atomic E-state index is 5.41. The first-order valence-corrected chi connectivity index (χ1v) is 6.80. The van der Waals surface area contributed by atoms with Gasteiger partial charge in [-0.1, -0.05) is 38.2 Å². The molecule has 1 heterocycles. The van der Waals surface area contributed by atoms with E-state index in [0.717, 1.165) is 17.4 Å². The normalized spacial score (nSPS) is 19.5. The van der Waals surface area contributed by atoms with Crippen LogP contribution in [0.5, 0.6) is 11.5 Å². The Morgan fingerprint density at radius 1 is 1.00 bits per heavy atom. The first-order valence-electron chi connectivity index (χ1n) is 6.80. The first-order chi connectivity index (χ1) is 8.42. The van der Waals surface area contributed by atoms with E-state index in [-0.39, 0.29) is 0 Å². The number of hydrogen-bond acceptors (Lipinski definition) is 2. The molecular formula is C15H20O2. The van der Waals surface area contributed by atoms with Gasteiger partial charge >= 0.3 is 0 Å². The van der Waals surface area contributed by atoms with Crippen LogP contribution in [0.3, 0.4) is 0 Å². The predicted octanol–water partition coefficient (Wildman–Crippen LogP) is 3.93. The fraction of sp³-hybridized carbons (Fsp3) is 0.600. The monoisotopic (exact) mass is 232 g/mol. The fourth-order valence-corrected chi connectivity index (χ4v) is 2.94. The van der Waals surface area contributed by atoms with Crippen molar-refractivity contribution in [3.63, 3.8) is 0 Å². The summed E-state index contributed by atoms with van der Waals surface area (Å²) >= 11 is 0. The molecule has 92 valence electrons. The van der Waals surface area contributed by atoms with E-state index in [9.17, 15) is 0 Å². The van der Waals surface area contributed by atoms with Crippen LogP contribution in [0, 0.1) is 5.92 Å². The Bertz CT molecular complexity index is 381. The minimum absolute atomic E-state index is 0.376. The molecule has 0 bridgehead atoms. The smallest absolute Gasteiger partial charge is 0.231 e. The Hall–Kier alpha value is -1.18. The van der Waals surface area contributed by atoms with Gasteiger partial charge < -0.3 is 9.47 Å². The molecule has 1 aliphatic carbocycles. The van der Waals surface area contributed by atoms with Crippen molar-refractivity contribution in [3.05, 3.63) is 23.8 Å². The molecule has 1 aromatic carbocycles. The van der Waals surface area contributed by atoms with Crippen molar-refractivity contribution in [2.24, 2.45) is 5.92 Å². The predicted molar refractivity (Wildman–Crippen MR) is 67.5 cm³/mol. The average molecular weight is 232 g/mol. The summed E-state index contributed by atoms with van der Waals surface area (Å²) < 4.78 is 10.7. The maximum Gasteiger partial charge on any atom is 0.231 e. The van der Waals surface area contributed by atoms with Crippen molar-refractivity contribution >= 4 is 0 Å². The molecule has 0 N–H and O–H groups in total. The van der Waals surface area contributed by atoms with Gasteiger partial charge in [0.15, 0.2) is 11.5 Å². The molecule has 17 heavy (non-hydrogen) atoms. The third-order valence-electron chi connectivity index (χ3n) is 4.00. The summed E-state index contributed by atoms with van der Waals surface area (Å²) in [6, 6.07) is 6.36. The molecule has 0 atom stereocenters. The van der Waals surface area contributed by atoms with Crippen LogP contribution in [-0.2, 0) is 6.42 Å². The van der Waals surface area contributed by atoms with Crippen LogP contribution >= 0.6 is 0 Å². The summed E-state index contributed by atoms with van der Waals surface area (Å²) in [6.45, 7) is 0.376. The molecular weight excluding hydrogens is 212 g/mol. The number of ether oxygens (including phenoxy) is 2. The highest BCUT2D eigenvalue weighted by Gasteiger charge is 2.15. The Morgan fingerprint density at radius 3 is 2.71 bits per heavy atom. The van der Waals surface area contributed by atoms with E-state index in [2.05, 4.69) is 12.1 Å². The number of aryl methyl sites for hydroxylation is 1. The van der Waals surface area contributed by atoms with Crippen LogP contribution in [0.15, 0.2) is 18.2 Å². The third-order valence-corrected chi connectivity index (χ3v) is 4.00. The van der Waals surface area contributed by atoms with Crippen LogP contribution in [0.2, 0.25) is 0 Å². The topological polar surface area (TPSA) is 18.5 Å². The molecule has 0 radical (unpaired) electrons. The van der Waals surface area contributed by atoms with Crippen molar-refractivity contribution in [3.8, 4) is 11.5 Å². The molecule has 0 unspecified atom stereocenters. The number of rotatable bonds is 3. The number of fused-ring (bicyclic) bond motifs is 1. The molecule has 0 saturated heterocycles. The summed E-state index contributed by atoms with van der Waals surface area (Å²) in [5, 5.41) is 0. The average Bonchev–Trinajstić information content (AvgIpc) is 2.85. The molecule has 1 saturated carbocycles. The Balaban J connectivity index is 1.57. The van der Waals surface area contributed by atoms with Gasteiger partial charge in [0.1, 0.15) is 0 Å². The van der Waals surface area contributed by atoms with Gasteiger partial charge in [0.25, 0.3) is 0 Å². The lowest BCUT2D eigenvalue weighted by Crippen LogP contribution is -2.07. The quantitative estimate of drug-likeness (QED) is 0.786. The summed E-state index contributed by atoms with van der Waals surface area (Å²) in [5.41, 5.74) is 1.39. The highest BCUT2D eigenvalue weighted by Crippen LogP contribution is 2.34. The van der Waals surface area contributed by atoms with Gasteiger partial charge in [-0.05, 0) is 36.5 Å². The van der Waals surface area contributed by atoms with E-state index in [1.165, 1.54) is 50.5 Å². The zero-order valence-electron chi connectivity index (χ0n) is 10.3. The SMILES string of the molecule is c1cc2c(cc1CCC1CCCCC1)OCO2. The lowest BCUT2D eigenvalue weighted by molar-refractivity contribution is 0.174. The molecule has 0 amide bonds. The van der Waals surface area contributed by atoms with Crippen LogP contribution in [-0.4, -0.2) is 6.79 Å². The molecule has 0 aromatic heterocycles. The molecule has 2 heteroatoms. The molecule has 0 spiro atoms. The highest BCUT2D eigenvalue weighted by atomic mass is 16.7. The van der Waals surface area contributed by atoms with Crippen LogP contribution in [0.4, 0.5) is 0 Å². The second kappa shape index (κ2) is 4.99. The van der Waals surface area contributed by atoms with Crippen LogP contribution in [0.25, 0.3) is 0 Å². The van der Waals surface area contributed by atoms with Crippen LogP contribution in [0.1, 0.15) is 44.1 Å². The van der Waals surface area contributed by atoms with Gasteiger partial charge in [-0.3, -0.25) is 0 Å². The van der Waals surface area contributed by atoms with E-state index in [0.29, 0.717) is 6.79 Å². The first kappa shape index (κ1) is 10.9. The van der Waals surface area contributed by atoms with Gasteiger partial charge in [-0.2, -0.15) is 0 Å². The molecule has 1 aliphatic heterocycles. The minimum atomic E-state index is 0.376. The zero-order valence-corrected chi connectivity index (χ0v) is 10.3. The van der Waals surface area contributed by atoms with Crippen molar-refractivity contribution < 1.29 is 9.47 Å². The van der Waals surface area contributed by atoms with Gasteiger partial charge in [-0.15, -0.1) is 0 Å². The van der Waals surface area contributed by atoms with Gasteiger partial charge in [0, 0.05) is 0 Å². The zero-order chi connectivity index (χ0) is 11.5. The van der Waals surface area contributed by atoms with Gasteiger partial charge in [-0.25, -0.2) is 0 Å². The molecule has 1 fully saturated rings. The lowest BCUT2D eigenvalue weighted by atomic mass is 9.85. The van der Waals surface area contributed by atoms with Crippen LogP contribution < -0.4 is 9.47 Å². The standard InChI is InChI=1S/C15H20O2/c1-2-4-12(5-3-1)6-7-13-8-9-14-15(10-13)17-11-16-14/h8-10,12H,1-7,11H2. The minimum Gasteiger partial charge on any atom is -0.454 e. The van der Waals surface area contributed by atoms with Crippen molar-refractivity contribution in [1.29, 1.82) is 0 Å². The second-order valence-electron chi connectivity index (χ2n) is 5.23. The Kier molecular flexibility index (Phi) is 3.21. The van der Waals surface area contributed by atoms with E-state index < -0.39 is 0 Å². The largest absolute Gasteiger partial charge is 0.454 e. The molecule has 2 nitrogen and oxygen atoms in total. The second-order valence-corrected chi connectivity index (χ2v) is 5.23. The Morgan fingerprint density at radius 2 is 1.82 bits per heavy atom. The van der Waals surface area contributed by atoms with E-state index >= 15 is 0 Å². The van der Waals surface area contributed by atoms with E-state index in [4.69, 9.17) is 9.47 Å². The number of benzene rings is 1. The molecule has 2 aliphatic rings. The Labute approximate surface area is 103 Å². The summed E-state index contributed by atoms with van der Waals surface area (Å²) in [5.74, 6) is 2.77. The van der Waals surface area contributed by atoms with E-state index in [1.54, 1.807) is 0 Å². The molecule has 1 aromatic rings. The number of hydrogen-bond donors (Lipinski definition) is 0. The summed E-state index contributed by atoms with van der Waals surface area (Å²) in [4.78, 5) is 0. The van der Waals surface area contributed by atoms with Gasteiger partial charge in [0.2, 0.25) is 6.79 Å². The summed E-state index contributed by atoms with van der Waals surface area (Å²) in [6.07, 6.45) is 9.70. The van der Waals surface area contributed by atoms with Crippen molar-refractivity contribution in [2.45, 2.75) is 44.9 Å². The molecule has 3 rings (SSSR count). The van der Waals surface area contributed by atoms with Gasteiger partial charge in [0.05, 0.1) is 0 Å². The third kappa shape index (κ3) is 2.56. The van der Waals surface area contributed by atoms with Crippen molar-refractivity contribution in [1.82, 2.24) is 0 Å².